The van der Waals surface area contributed by atoms with Gasteiger partial charge in [0.1, 0.15) is 6.04 Å². The van der Waals surface area contributed by atoms with Gasteiger partial charge in [-0.15, -0.1) is 0 Å². The van der Waals surface area contributed by atoms with Crippen LogP contribution in [0.1, 0.15) is 22.6 Å². The molecule has 1 heterocycles. The van der Waals surface area contributed by atoms with E-state index >= 15 is 0 Å². The molecule has 4 nitrogen and oxygen atoms in total. The highest BCUT2D eigenvalue weighted by Gasteiger charge is 2.36. The highest BCUT2D eigenvalue weighted by Crippen LogP contribution is 2.41. The first-order valence-electron chi connectivity index (χ1n) is 5.73. The van der Waals surface area contributed by atoms with Gasteiger partial charge in [-0.25, -0.2) is 0 Å². The van der Waals surface area contributed by atoms with Crippen LogP contribution < -0.4 is 10.6 Å². The van der Waals surface area contributed by atoms with Gasteiger partial charge in [-0.3, -0.25) is 4.79 Å². The number of hydrogen-bond donors (Lipinski definition) is 2. The number of carbonyl (C=O) groups is 1. The minimum absolute atomic E-state index is 0.118. The number of carboxylic acids is 1. The minimum Gasteiger partial charge on any atom is -0.480 e. The molecule has 0 aromatic heterocycles. The van der Waals surface area contributed by atoms with Crippen molar-refractivity contribution in [3.05, 3.63) is 28.8 Å². The third-order valence-electron chi connectivity index (χ3n) is 3.58. The fraction of sp³-hybridized carbons (Fsp3) is 0.462. The number of aliphatic carboxylic acids is 1. The topological polar surface area (TPSA) is 66.6 Å². The smallest absolute Gasteiger partial charge is 0.321 e. The van der Waals surface area contributed by atoms with Crippen LogP contribution in [0.15, 0.2) is 12.1 Å². The molecule has 17 heavy (non-hydrogen) atoms. The van der Waals surface area contributed by atoms with E-state index in [1.165, 1.54) is 5.56 Å². The van der Waals surface area contributed by atoms with Crippen molar-refractivity contribution >= 4 is 11.7 Å². The summed E-state index contributed by atoms with van der Waals surface area (Å²) >= 11 is 0. The molecule has 0 saturated carbocycles. The predicted octanol–water partition coefficient (Wildman–Crippen LogP) is 1.25. The normalized spacial score (nSPS) is 20.2. The number of fused-ring (bicyclic) bond motifs is 1. The van der Waals surface area contributed by atoms with Crippen molar-refractivity contribution in [2.45, 2.75) is 25.8 Å². The zero-order chi connectivity index (χ0) is 12.7. The maximum Gasteiger partial charge on any atom is 0.321 e. The first-order valence-corrected chi connectivity index (χ1v) is 5.73. The van der Waals surface area contributed by atoms with Gasteiger partial charge in [0.05, 0.1) is 0 Å². The molecule has 0 saturated heterocycles. The zero-order valence-corrected chi connectivity index (χ0v) is 10.4. The molecule has 2 rings (SSSR count). The zero-order valence-electron chi connectivity index (χ0n) is 10.4. The first-order chi connectivity index (χ1) is 7.93. The van der Waals surface area contributed by atoms with Crippen molar-refractivity contribution in [1.29, 1.82) is 0 Å². The van der Waals surface area contributed by atoms with E-state index in [2.05, 4.69) is 11.0 Å². The molecule has 1 aliphatic heterocycles. The summed E-state index contributed by atoms with van der Waals surface area (Å²) in [7, 11) is 1.99. The number of carboxylic acid groups (broad SMARTS) is 1. The Morgan fingerprint density at radius 2 is 2.06 bits per heavy atom. The Bertz CT molecular complexity index is 471. The highest BCUT2D eigenvalue weighted by molar-refractivity contribution is 5.78. The van der Waals surface area contributed by atoms with E-state index in [0.29, 0.717) is 6.54 Å². The van der Waals surface area contributed by atoms with Crippen molar-refractivity contribution in [3.63, 3.8) is 0 Å². The van der Waals surface area contributed by atoms with Crippen molar-refractivity contribution in [2.24, 2.45) is 5.73 Å². The average molecular weight is 234 g/mol. The van der Waals surface area contributed by atoms with Crippen LogP contribution in [0.2, 0.25) is 0 Å². The monoisotopic (exact) mass is 234 g/mol. The summed E-state index contributed by atoms with van der Waals surface area (Å²) in [6.07, 6.45) is 0. The van der Waals surface area contributed by atoms with Crippen molar-refractivity contribution in [1.82, 2.24) is 0 Å². The SMILES string of the molecule is Cc1ccc(C)c2c1C(C(N)C(=O)O)CN2C. The highest BCUT2D eigenvalue weighted by atomic mass is 16.4. The van der Waals surface area contributed by atoms with Gasteiger partial charge >= 0.3 is 5.97 Å². The molecule has 92 valence electrons. The van der Waals surface area contributed by atoms with Crippen LogP contribution in [-0.4, -0.2) is 30.7 Å². The molecule has 0 aliphatic carbocycles. The van der Waals surface area contributed by atoms with Crippen LogP contribution in [0.4, 0.5) is 5.69 Å². The number of likely N-dealkylation sites (N-methyl/N-ethyl adjacent to an activating group) is 1. The standard InChI is InChI=1S/C13H18N2O2/c1-7-4-5-8(2)12-10(7)9(6-15(12)3)11(14)13(16)17/h4-5,9,11H,6,14H2,1-3H3,(H,16,17). The van der Waals surface area contributed by atoms with Gasteiger partial charge in [-0.1, -0.05) is 12.1 Å². The number of anilines is 1. The minimum atomic E-state index is -0.933. The largest absolute Gasteiger partial charge is 0.480 e. The molecule has 0 fully saturated rings. The Labute approximate surface area is 101 Å². The summed E-state index contributed by atoms with van der Waals surface area (Å²) in [4.78, 5) is 13.2. The van der Waals surface area contributed by atoms with Crippen LogP contribution in [-0.2, 0) is 4.79 Å². The van der Waals surface area contributed by atoms with Gasteiger partial charge in [0.25, 0.3) is 0 Å². The first kappa shape index (κ1) is 11.9. The Balaban J connectivity index is 2.53. The molecular formula is C13H18N2O2. The molecule has 2 unspecified atom stereocenters. The number of benzene rings is 1. The molecule has 1 aromatic rings. The lowest BCUT2D eigenvalue weighted by Crippen LogP contribution is -2.38. The van der Waals surface area contributed by atoms with Gasteiger partial charge in [-0.05, 0) is 30.5 Å². The quantitative estimate of drug-likeness (QED) is 0.808. The third-order valence-corrected chi connectivity index (χ3v) is 3.58. The van der Waals surface area contributed by atoms with Gasteiger partial charge in [0, 0.05) is 25.2 Å². The van der Waals surface area contributed by atoms with E-state index < -0.39 is 12.0 Å². The molecule has 0 amide bonds. The van der Waals surface area contributed by atoms with E-state index in [9.17, 15) is 4.79 Å². The second kappa shape index (κ2) is 4.04. The lowest BCUT2D eigenvalue weighted by atomic mass is 9.89. The van der Waals surface area contributed by atoms with E-state index in [1.54, 1.807) is 0 Å². The predicted molar refractivity (Wildman–Crippen MR) is 67.5 cm³/mol. The third kappa shape index (κ3) is 1.78. The summed E-state index contributed by atoms with van der Waals surface area (Å²) < 4.78 is 0. The maximum atomic E-state index is 11.1. The molecular weight excluding hydrogens is 216 g/mol. The van der Waals surface area contributed by atoms with Crippen LogP contribution in [0.5, 0.6) is 0 Å². The Morgan fingerprint density at radius 3 is 2.65 bits per heavy atom. The van der Waals surface area contributed by atoms with Crippen molar-refractivity contribution in [2.75, 3.05) is 18.5 Å². The number of nitrogens with zero attached hydrogens (tertiary/aromatic N) is 1. The summed E-state index contributed by atoms with van der Waals surface area (Å²) in [5.74, 6) is -1.05. The maximum absolute atomic E-state index is 11.1. The van der Waals surface area contributed by atoms with Crippen LogP contribution >= 0.6 is 0 Å². The Hall–Kier alpha value is -1.55. The Morgan fingerprint density at radius 1 is 1.47 bits per heavy atom. The fourth-order valence-electron chi connectivity index (χ4n) is 2.74. The molecule has 1 aromatic carbocycles. The fourth-order valence-corrected chi connectivity index (χ4v) is 2.74. The molecule has 3 N–H and O–H groups in total. The van der Waals surface area contributed by atoms with Crippen LogP contribution in [0.3, 0.4) is 0 Å². The van der Waals surface area contributed by atoms with E-state index in [1.807, 2.05) is 27.0 Å². The second-order valence-electron chi connectivity index (χ2n) is 4.81. The molecule has 4 heteroatoms. The number of hydrogen-bond acceptors (Lipinski definition) is 3. The number of nitrogens with two attached hydrogens (primary N) is 1. The molecule has 0 bridgehead atoms. The molecule has 0 spiro atoms. The Kier molecular flexibility index (Phi) is 2.83. The summed E-state index contributed by atoms with van der Waals surface area (Å²) in [5.41, 5.74) is 10.3. The molecule has 1 aliphatic rings. The molecule has 2 atom stereocenters. The summed E-state index contributed by atoms with van der Waals surface area (Å²) in [5, 5.41) is 9.07. The van der Waals surface area contributed by atoms with Crippen molar-refractivity contribution < 1.29 is 9.90 Å². The number of rotatable bonds is 2. The van der Waals surface area contributed by atoms with E-state index in [4.69, 9.17) is 10.8 Å². The lowest BCUT2D eigenvalue weighted by molar-refractivity contribution is -0.139. The van der Waals surface area contributed by atoms with Crippen molar-refractivity contribution in [3.8, 4) is 0 Å². The van der Waals surface area contributed by atoms with E-state index in [-0.39, 0.29) is 5.92 Å². The molecule has 0 radical (unpaired) electrons. The van der Waals surface area contributed by atoms with E-state index in [0.717, 1.165) is 16.8 Å². The average Bonchev–Trinajstić information content (AvgIpc) is 2.61. The van der Waals surface area contributed by atoms with Gasteiger partial charge in [0.2, 0.25) is 0 Å². The summed E-state index contributed by atoms with van der Waals surface area (Å²) in [6, 6.07) is 3.27. The van der Waals surface area contributed by atoms with Crippen LogP contribution in [0.25, 0.3) is 0 Å². The van der Waals surface area contributed by atoms with Crippen LogP contribution in [0, 0.1) is 13.8 Å². The number of aryl methyl sites for hydroxylation is 2. The lowest BCUT2D eigenvalue weighted by Gasteiger charge is -2.17. The van der Waals surface area contributed by atoms with Gasteiger partial charge < -0.3 is 15.7 Å². The van der Waals surface area contributed by atoms with Gasteiger partial charge in [-0.2, -0.15) is 0 Å². The van der Waals surface area contributed by atoms with Gasteiger partial charge in [0.15, 0.2) is 0 Å². The summed E-state index contributed by atoms with van der Waals surface area (Å²) in [6.45, 7) is 4.73. The second-order valence-corrected chi connectivity index (χ2v) is 4.81.